The van der Waals surface area contributed by atoms with E-state index in [9.17, 15) is 22.8 Å². The van der Waals surface area contributed by atoms with Gasteiger partial charge in [0.1, 0.15) is 33.5 Å². The molecule has 15 heteroatoms. The molecule has 2 amide bonds. The third-order valence-corrected chi connectivity index (χ3v) is 7.18. The van der Waals surface area contributed by atoms with E-state index in [1.807, 2.05) is 0 Å². The maximum Gasteiger partial charge on any atom is 0.418 e. The van der Waals surface area contributed by atoms with Crippen LogP contribution in [0.1, 0.15) is 50.1 Å². The van der Waals surface area contributed by atoms with Crippen LogP contribution >= 0.6 is 22.9 Å². The molecule has 1 fully saturated rings. The standard InChI is InChI=1S/C22H22ClF3N8O2S/c1-11(32-19(35)15-5-18(31-10-30-15)34-3-2-12(6-27)9-34)21-29-8-16(37-21)20(36)33-17-4-13(22(24,25)26)14(23)7-28-17/h4-5,7-8,10-12H,2-3,6,9,27H2,1H3,(H,32,35)(H,28,33,36)/t11?,12-/m1/s1. The van der Waals surface area contributed by atoms with Crippen molar-refractivity contribution < 1.29 is 22.8 Å². The van der Waals surface area contributed by atoms with E-state index in [1.165, 1.54) is 12.5 Å². The van der Waals surface area contributed by atoms with E-state index >= 15 is 0 Å². The molecule has 4 rings (SSSR count). The van der Waals surface area contributed by atoms with Gasteiger partial charge in [-0.3, -0.25) is 9.59 Å². The van der Waals surface area contributed by atoms with Crippen molar-refractivity contribution in [2.45, 2.75) is 25.6 Å². The molecule has 37 heavy (non-hydrogen) atoms. The number of carbonyl (C=O) groups excluding carboxylic acids is 2. The van der Waals surface area contributed by atoms with E-state index < -0.39 is 34.6 Å². The van der Waals surface area contributed by atoms with Gasteiger partial charge in [0.25, 0.3) is 11.8 Å². The quantitative estimate of drug-likeness (QED) is 0.403. The largest absolute Gasteiger partial charge is 0.418 e. The number of amides is 2. The summed E-state index contributed by atoms with van der Waals surface area (Å²) in [6.07, 6.45) is -0.337. The Hall–Kier alpha value is -3.36. The molecule has 0 saturated carbocycles. The minimum absolute atomic E-state index is 0.120. The van der Waals surface area contributed by atoms with Crippen molar-refractivity contribution in [3.8, 4) is 0 Å². The number of thiazole rings is 1. The predicted octanol–water partition coefficient (Wildman–Crippen LogP) is 3.53. The van der Waals surface area contributed by atoms with Crippen LogP contribution < -0.4 is 21.3 Å². The van der Waals surface area contributed by atoms with Gasteiger partial charge < -0.3 is 21.3 Å². The van der Waals surface area contributed by atoms with Crippen molar-refractivity contribution in [2.75, 3.05) is 29.9 Å². The van der Waals surface area contributed by atoms with Crippen LogP contribution in [0.4, 0.5) is 24.8 Å². The van der Waals surface area contributed by atoms with Gasteiger partial charge in [-0.25, -0.2) is 19.9 Å². The van der Waals surface area contributed by atoms with Gasteiger partial charge in [0.05, 0.1) is 22.8 Å². The van der Waals surface area contributed by atoms with Gasteiger partial charge in [-0.1, -0.05) is 11.6 Å². The number of halogens is 4. The lowest BCUT2D eigenvalue weighted by Crippen LogP contribution is -2.28. The molecule has 3 aromatic heterocycles. The Morgan fingerprint density at radius 2 is 2.00 bits per heavy atom. The number of nitrogens with two attached hydrogens (primary N) is 1. The highest BCUT2D eigenvalue weighted by atomic mass is 35.5. The summed E-state index contributed by atoms with van der Waals surface area (Å²) in [6, 6.07) is 1.69. The molecule has 0 aromatic carbocycles. The monoisotopic (exact) mass is 554 g/mol. The molecule has 10 nitrogen and oxygen atoms in total. The van der Waals surface area contributed by atoms with E-state index in [4.69, 9.17) is 17.3 Å². The van der Waals surface area contributed by atoms with Crippen LogP contribution in [0.5, 0.6) is 0 Å². The average molecular weight is 555 g/mol. The molecular weight excluding hydrogens is 533 g/mol. The number of anilines is 2. The first-order valence-corrected chi connectivity index (χ1v) is 12.3. The Kier molecular flexibility index (Phi) is 7.90. The minimum Gasteiger partial charge on any atom is -0.356 e. The molecule has 1 aliphatic rings. The first kappa shape index (κ1) is 26.7. The fourth-order valence-electron chi connectivity index (χ4n) is 3.70. The molecule has 4 N–H and O–H groups in total. The maximum absolute atomic E-state index is 13.1. The molecule has 1 unspecified atom stereocenters. The van der Waals surface area contributed by atoms with Gasteiger partial charge in [-0.2, -0.15) is 13.2 Å². The Morgan fingerprint density at radius 3 is 2.70 bits per heavy atom. The summed E-state index contributed by atoms with van der Waals surface area (Å²) in [7, 11) is 0. The third-order valence-electron chi connectivity index (χ3n) is 5.70. The molecule has 0 spiro atoms. The van der Waals surface area contributed by atoms with Crippen LogP contribution in [-0.4, -0.2) is 51.4 Å². The summed E-state index contributed by atoms with van der Waals surface area (Å²) in [6.45, 7) is 3.83. The van der Waals surface area contributed by atoms with E-state index in [0.717, 1.165) is 37.0 Å². The molecule has 1 saturated heterocycles. The van der Waals surface area contributed by atoms with Crippen molar-refractivity contribution >= 4 is 46.4 Å². The number of nitrogens with one attached hydrogen (secondary N) is 2. The van der Waals surface area contributed by atoms with Crippen molar-refractivity contribution in [3.05, 3.63) is 57.0 Å². The first-order valence-electron chi connectivity index (χ1n) is 11.1. The van der Waals surface area contributed by atoms with Crippen LogP contribution in [0.15, 0.2) is 30.9 Å². The highest BCUT2D eigenvalue weighted by Crippen LogP contribution is 2.35. The molecule has 3 aromatic rings. The normalized spacial score (nSPS) is 16.5. The lowest BCUT2D eigenvalue weighted by atomic mass is 10.1. The first-order chi connectivity index (χ1) is 17.5. The maximum atomic E-state index is 13.1. The van der Waals surface area contributed by atoms with E-state index in [2.05, 4.69) is 35.5 Å². The highest BCUT2D eigenvalue weighted by molar-refractivity contribution is 7.13. The number of pyridine rings is 1. The number of hydrogen-bond acceptors (Lipinski definition) is 9. The molecule has 0 bridgehead atoms. The Labute approximate surface area is 218 Å². The number of rotatable bonds is 7. The Balaban J connectivity index is 1.39. The molecule has 0 aliphatic carbocycles. The van der Waals surface area contributed by atoms with E-state index in [0.29, 0.717) is 29.4 Å². The Bertz CT molecular complexity index is 1300. The van der Waals surface area contributed by atoms with Gasteiger partial charge in [-0.15, -0.1) is 11.3 Å². The summed E-state index contributed by atoms with van der Waals surface area (Å²) in [5.74, 6) is -0.440. The smallest absolute Gasteiger partial charge is 0.356 e. The van der Waals surface area contributed by atoms with Crippen LogP contribution in [0.2, 0.25) is 5.02 Å². The summed E-state index contributed by atoms with van der Waals surface area (Å²) < 4.78 is 39.2. The van der Waals surface area contributed by atoms with Crippen LogP contribution in [0.25, 0.3) is 0 Å². The summed E-state index contributed by atoms with van der Waals surface area (Å²) in [5, 5.41) is 4.92. The molecule has 0 radical (unpaired) electrons. The summed E-state index contributed by atoms with van der Waals surface area (Å²) in [4.78, 5) is 43.7. The Morgan fingerprint density at radius 1 is 1.22 bits per heavy atom. The number of aromatic nitrogens is 4. The van der Waals surface area contributed by atoms with Crippen molar-refractivity contribution in [1.29, 1.82) is 0 Å². The summed E-state index contributed by atoms with van der Waals surface area (Å²) >= 11 is 6.54. The molecule has 196 valence electrons. The predicted molar refractivity (Wildman–Crippen MR) is 132 cm³/mol. The number of hydrogen-bond donors (Lipinski definition) is 3. The lowest BCUT2D eigenvalue weighted by Gasteiger charge is -2.18. The molecule has 2 atom stereocenters. The van der Waals surface area contributed by atoms with Gasteiger partial charge in [-0.05, 0) is 31.9 Å². The van der Waals surface area contributed by atoms with Gasteiger partial charge in [0.2, 0.25) is 0 Å². The van der Waals surface area contributed by atoms with Crippen molar-refractivity contribution in [3.63, 3.8) is 0 Å². The van der Waals surface area contributed by atoms with E-state index in [-0.39, 0.29) is 16.4 Å². The minimum atomic E-state index is -4.70. The van der Waals surface area contributed by atoms with Crippen molar-refractivity contribution in [1.82, 2.24) is 25.3 Å². The van der Waals surface area contributed by atoms with Crippen LogP contribution in [-0.2, 0) is 6.18 Å². The van der Waals surface area contributed by atoms with E-state index in [1.54, 1.807) is 13.0 Å². The van der Waals surface area contributed by atoms with Gasteiger partial charge >= 0.3 is 6.18 Å². The number of nitrogens with zero attached hydrogens (tertiary/aromatic N) is 5. The second kappa shape index (κ2) is 10.9. The lowest BCUT2D eigenvalue weighted by molar-refractivity contribution is -0.137. The second-order valence-corrected chi connectivity index (χ2v) is 9.83. The highest BCUT2D eigenvalue weighted by Gasteiger charge is 2.34. The fourth-order valence-corrected chi connectivity index (χ4v) is 4.73. The number of alkyl halides is 3. The van der Waals surface area contributed by atoms with Gasteiger partial charge in [0, 0.05) is 25.4 Å². The van der Waals surface area contributed by atoms with Crippen LogP contribution in [0, 0.1) is 5.92 Å². The second-order valence-electron chi connectivity index (χ2n) is 8.36. The van der Waals surface area contributed by atoms with Gasteiger partial charge in [0.15, 0.2) is 0 Å². The zero-order chi connectivity index (χ0) is 26.7. The third kappa shape index (κ3) is 6.32. The molecule has 4 heterocycles. The average Bonchev–Trinajstić information content (AvgIpc) is 3.55. The van der Waals surface area contributed by atoms with Crippen molar-refractivity contribution in [2.24, 2.45) is 11.7 Å². The fraction of sp³-hybridized carbons (Fsp3) is 0.364. The topological polar surface area (TPSA) is 139 Å². The molecular formula is C22H22ClF3N8O2S. The SMILES string of the molecule is CC(NC(=O)c1cc(N2CC[C@H](CN)C2)ncn1)c1ncc(C(=O)Nc2cc(C(F)(F)F)c(Cl)cn2)s1. The number of carbonyl (C=O) groups is 2. The zero-order valence-electron chi connectivity index (χ0n) is 19.4. The molecule has 1 aliphatic heterocycles. The summed E-state index contributed by atoms with van der Waals surface area (Å²) in [5.41, 5.74) is 4.81. The zero-order valence-corrected chi connectivity index (χ0v) is 21.0. The van der Waals surface area contributed by atoms with Crippen LogP contribution in [0.3, 0.4) is 0 Å².